The molecule has 0 aliphatic rings. The minimum atomic E-state index is -0.162. The third-order valence-electron chi connectivity index (χ3n) is 2.23. The first-order valence-corrected chi connectivity index (χ1v) is 5.74. The Morgan fingerprint density at radius 2 is 2.12 bits per heavy atom. The van der Waals surface area contributed by atoms with Gasteiger partial charge in [-0.1, -0.05) is 13.8 Å². The zero-order valence-electron chi connectivity index (χ0n) is 10.4. The minimum Gasteiger partial charge on any atom is -0.371 e. The van der Waals surface area contributed by atoms with Crippen LogP contribution in [0.15, 0.2) is 10.9 Å². The van der Waals surface area contributed by atoms with E-state index in [2.05, 4.69) is 23.8 Å². The zero-order valence-corrected chi connectivity index (χ0v) is 10.4. The molecule has 1 atom stereocenters. The zero-order chi connectivity index (χ0) is 12.1. The summed E-state index contributed by atoms with van der Waals surface area (Å²) in [5.74, 6) is 1.11. The molecule has 16 heavy (non-hydrogen) atoms. The van der Waals surface area contributed by atoms with Crippen molar-refractivity contribution in [1.82, 2.24) is 9.97 Å². The van der Waals surface area contributed by atoms with Crippen LogP contribution in [-0.4, -0.2) is 16.6 Å². The summed E-state index contributed by atoms with van der Waals surface area (Å²) in [5, 5.41) is 0. The Hall–Kier alpha value is -1.16. The van der Waals surface area contributed by atoms with Gasteiger partial charge in [0.2, 0.25) is 0 Å². The van der Waals surface area contributed by atoms with Gasteiger partial charge in [0, 0.05) is 18.4 Å². The van der Waals surface area contributed by atoms with Gasteiger partial charge in [0.05, 0.1) is 0 Å². The normalized spacial score (nSPS) is 13.1. The quantitative estimate of drug-likeness (QED) is 0.833. The van der Waals surface area contributed by atoms with Crippen LogP contribution in [0.25, 0.3) is 0 Å². The van der Waals surface area contributed by atoms with E-state index >= 15 is 0 Å². The third-order valence-corrected chi connectivity index (χ3v) is 2.23. The van der Waals surface area contributed by atoms with Crippen LogP contribution < -0.4 is 5.56 Å². The molecule has 0 radical (unpaired) electrons. The molecule has 0 spiro atoms. The fourth-order valence-electron chi connectivity index (χ4n) is 1.57. The molecule has 4 nitrogen and oxygen atoms in total. The molecular weight excluding hydrogens is 204 g/mol. The van der Waals surface area contributed by atoms with Gasteiger partial charge in [0.15, 0.2) is 0 Å². The van der Waals surface area contributed by atoms with Gasteiger partial charge in [-0.3, -0.25) is 4.79 Å². The van der Waals surface area contributed by atoms with Crippen molar-refractivity contribution in [1.29, 1.82) is 0 Å². The highest BCUT2D eigenvalue weighted by Gasteiger charge is 2.10. The SMILES string of the molecule is CCOC(C)c1nc(CC(C)C)cc(=O)[nH]1. The van der Waals surface area contributed by atoms with Crippen molar-refractivity contribution in [3.8, 4) is 0 Å². The van der Waals surface area contributed by atoms with E-state index in [9.17, 15) is 4.79 Å². The Balaban J connectivity index is 2.93. The van der Waals surface area contributed by atoms with Gasteiger partial charge in [-0.05, 0) is 26.2 Å². The molecule has 0 aliphatic carbocycles. The van der Waals surface area contributed by atoms with Crippen molar-refractivity contribution in [2.24, 2.45) is 5.92 Å². The molecule has 0 saturated heterocycles. The number of hydrogen-bond acceptors (Lipinski definition) is 3. The largest absolute Gasteiger partial charge is 0.371 e. The average molecular weight is 224 g/mol. The lowest BCUT2D eigenvalue weighted by Gasteiger charge is -2.12. The Labute approximate surface area is 96.1 Å². The number of rotatable bonds is 5. The van der Waals surface area contributed by atoms with Gasteiger partial charge in [-0.15, -0.1) is 0 Å². The summed E-state index contributed by atoms with van der Waals surface area (Å²) in [7, 11) is 0. The number of ether oxygens (including phenoxy) is 1. The van der Waals surface area contributed by atoms with Crippen LogP contribution in [-0.2, 0) is 11.2 Å². The highest BCUT2D eigenvalue weighted by molar-refractivity contribution is 5.04. The van der Waals surface area contributed by atoms with E-state index in [0.29, 0.717) is 18.3 Å². The predicted molar refractivity (Wildman–Crippen MR) is 63.4 cm³/mol. The van der Waals surface area contributed by atoms with E-state index in [1.807, 2.05) is 13.8 Å². The molecule has 0 fully saturated rings. The summed E-state index contributed by atoms with van der Waals surface area (Å²) in [4.78, 5) is 18.6. The van der Waals surface area contributed by atoms with E-state index in [4.69, 9.17) is 4.74 Å². The van der Waals surface area contributed by atoms with Crippen LogP contribution in [0.4, 0.5) is 0 Å². The Morgan fingerprint density at radius 3 is 2.69 bits per heavy atom. The van der Waals surface area contributed by atoms with Crippen LogP contribution in [0.1, 0.15) is 45.3 Å². The fourth-order valence-corrected chi connectivity index (χ4v) is 1.57. The van der Waals surface area contributed by atoms with Gasteiger partial charge < -0.3 is 9.72 Å². The molecule has 0 aromatic carbocycles. The second-order valence-electron chi connectivity index (χ2n) is 4.32. The van der Waals surface area contributed by atoms with Crippen molar-refractivity contribution in [2.45, 2.75) is 40.2 Å². The third kappa shape index (κ3) is 3.77. The standard InChI is InChI=1S/C12H20N2O2/c1-5-16-9(4)12-13-10(6-8(2)3)7-11(15)14-12/h7-9H,5-6H2,1-4H3,(H,13,14,15). The van der Waals surface area contributed by atoms with Gasteiger partial charge in [-0.25, -0.2) is 4.98 Å². The van der Waals surface area contributed by atoms with Crippen molar-refractivity contribution in [3.63, 3.8) is 0 Å². The van der Waals surface area contributed by atoms with Crippen LogP contribution in [0, 0.1) is 5.92 Å². The first-order chi connectivity index (χ1) is 7.52. The Bertz CT molecular complexity index is 385. The topological polar surface area (TPSA) is 55.0 Å². The summed E-state index contributed by atoms with van der Waals surface area (Å²) < 4.78 is 5.41. The highest BCUT2D eigenvalue weighted by Crippen LogP contribution is 2.11. The van der Waals surface area contributed by atoms with E-state index < -0.39 is 0 Å². The van der Waals surface area contributed by atoms with Crippen molar-refractivity contribution >= 4 is 0 Å². The monoisotopic (exact) mass is 224 g/mol. The summed E-state index contributed by atoms with van der Waals surface area (Å²) in [5.41, 5.74) is 0.729. The first-order valence-electron chi connectivity index (χ1n) is 5.74. The maximum absolute atomic E-state index is 11.5. The molecule has 1 unspecified atom stereocenters. The molecule has 1 aromatic rings. The molecule has 0 saturated carbocycles. The Morgan fingerprint density at radius 1 is 1.44 bits per heavy atom. The molecule has 0 amide bonds. The summed E-state index contributed by atoms with van der Waals surface area (Å²) in [6, 6.07) is 1.56. The fraction of sp³-hybridized carbons (Fsp3) is 0.667. The molecular formula is C12H20N2O2. The molecule has 0 aliphatic heterocycles. The number of nitrogens with one attached hydrogen (secondary N) is 1. The second-order valence-corrected chi connectivity index (χ2v) is 4.32. The molecule has 1 N–H and O–H groups in total. The number of aromatic nitrogens is 2. The van der Waals surface area contributed by atoms with Crippen LogP contribution in [0.3, 0.4) is 0 Å². The second kappa shape index (κ2) is 5.80. The smallest absolute Gasteiger partial charge is 0.251 e. The molecule has 1 rings (SSSR count). The molecule has 0 bridgehead atoms. The predicted octanol–water partition coefficient (Wildman–Crippen LogP) is 2.07. The first kappa shape index (κ1) is 12.9. The summed E-state index contributed by atoms with van der Waals surface area (Å²) >= 11 is 0. The van der Waals surface area contributed by atoms with Crippen molar-refractivity contribution in [3.05, 3.63) is 27.9 Å². The van der Waals surface area contributed by atoms with Gasteiger partial charge in [0.25, 0.3) is 5.56 Å². The van der Waals surface area contributed by atoms with Crippen LogP contribution in [0.2, 0.25) is 0 Å². The van der Waals surface area contributed by atoms with E-state index in [-0.39, 0.29) is 11.7 Å². The summed E-state index contributed by atoms with van der Waals surface area (Å²) in [6.45, 7) is 8.63. The number of aromatic amines is 1. The van der Waals surface area contributed by atoms with E-state index in [0.717, 1.165) is 12.1 Å². The van der Waals surface area contributed by atoms with E-state index in [1.54, 1.807) is 6.07 Å². The number of nitrogens with zero attached hydrogens (tertiary/aromatic N) is 1. The van der Waals surface area contributed by atoms with Gasteiger partial charge in [0.1, 0.15) is 11.9 Å². The van der Waals surface area contributed by atoms with Crippen molar-refractivity contribution < 1.29 is 4.74 Å². The minimum absolute atomic E-state index is 0.104. The lowest BCUT2D eigenvalue weighted by molar-refractivity contribution is 0.0697. The number of H-pyrrole nitrogens is 1. The molecule has 4 heteroatoms. The maximum atomic E-state index is 11.5. The van der Waals surface area contributed by atoms with Crippen molar-refractivity contribution in [2.75, 3.05) is 6.61 Å². The average Bonchev–Trinajstić information content (AvgIpc) is 2.15. The van der Waals surface area contributed by atoms with Crippen LogP contribution >= 0.6 is 0 Å². The lowest BCUT2D eigenvalue weighted by Crippen LogP contribution is -2.16. The van der Waals surface area contributed by atoms with Crippen LogP contribution in [0.5, 0.6) is 0 Å². The molecule has 1 heterocycles. The summed E-state index contributed by atoms with van der Waals surface area (Å²) in [6.07, 6.45) is 0.653. The maximum Gasteiger partial charge on any atom is 0.251 e. The molecule has 1 aromatic heterocycles. The number of hydrogen-bond donors (Lipinski definition) is 1. The molecule has 90 valence electrons. The Kier molecular flexibility index (Phi) is 4.68. The lowest BCUT2D eigenvalue weighted by atomic mass is 10.1. The van der Waals surface area contributed by atoms with Gasteiger partial charge >= 0.3 is 0 Å². The van der Waals surface area contributed by atoms with E-state index in [1.165, 1.54) is 0 Å². The van der Waals surface area contributed by atoms with Gasteiger partial charge in [-0.2, -0.15) is 0 Å². The highest BCUT2D eigenvalue weighted by atomic mass is 16.5.